The molecule has 0 radical (unpaired) electrons. The number of halogens is 2. The molecule has 1 heterocycles. The van der Waals surface area contributed by atoms with E-state index in [0.717, 1.165) is 22.3 Å². The molecule has 1 aromatic heterocycles. The molecule has 0 atom stereocenters. The summed E-state index contributed by atoms with van der Waals surface area (Å²) in [7, 11) is 1.62. The van der Waals surface area contributed by atoms with Crippen molar-refractivity contribution in [1.82, 2.24) is 4.98 Å². The fraction of sp³-hybridized carbons (Fsp3) is 0.200. The third-order valence-electron chi connectivity index (χ3n) is 4.20. The number of carbonyl (C=O) groups excluding carboxylic acids is 1. The lowest BCUT2D eigenvalue weighted by Gasteiger charge is -2.13. The van der Waals surface area contributed by atoms with Gasteiger partial charge in [-0.1, -0.05) is 12.1 Å². The van der Waals surface area contributed by atoms with Gasteiger partial charge in [0, 0.05) is 24.4 Å². The number of rotatable bonds is 7. The van der Waals surface area contributed by atoms with Crippen LogP contribution >= 0.6 is 15.9 Å². The predicted octanol–water partition coefficient (Wildman–Crippen LogP) is 4.18. The van der Waals surface area contributed by atoms with Crippen molar-refractivity contribution in [2.24, 2.45) is 5.73 Å². The first-order valence-electron chi connectivity index (χ1n) is 8.40. The van der Waals surface area contributed by atoms with Crippen LogP contribution in [0.3, 0.4) is 0 Å². The van der Waals surface area contributed by atoms with E-state index in [9.17, 15) is 9.18 Å². The fourth-order valence-electron chi connectivity index (χ4n) is 2.74. The van der Waals surface area contributed by atoms with Crippen molar-refractivity contribution in [3.8, 4) is 5.75 Å². The summed E-state index contributed by atoms with van der Waals surface area (Å²) < 4.78 is 19.4. The molecule has 0 unspecified atom stereocenters. The Morgan fingerprint density at radius 2 is 2.00 bits per heavy atom. The zero-order valence-electron chi connectivity index (χ0n) is 14.8. The first kappa shape index (κ1) is 19.1. The second-order valence-electron chi connectivity index (χ2n) is 6.12. The Bertz CT molecular complexity index is 977. The number of ether oxygens (including phenoxy) is 1. The van der Waals surface area contributed by atoms with Crippen LogP contribution in [0, 0.1) is 5.82 Å². The first-order chi connectivity index (χ1) is 13.0. The summed E-state index contributed by atoms with van der Waals surface area (Å²) in [5, 5.41) is 4.07. The minimum Gasteiger partial charge on any atom is -0.497 e. The van der Waals surface area contributed by atoms with Crippen LogP contribution < -0.4 is 15.8 Å². The van der Waals surface area contributed by atoms with Gasteiger partial charge in [0.25, 0.3) is 0 Å². The van der Waals surface area contributed by atoms with Crippen LogP contribution in [0.4, 0.5) is 10.2 Å². The van der Waals surface area contributed by atoms with E-state index in [-0.39, 0.29) is 18.1 Å². The summed E-state index contributed by atoms with van der Waals surface area (Å²) >= 11 is 3.19. The number of nitrogens with zero attached hydrogens (tertiary/aromatic N) is 1. The number of methoxy groups -OCH3 is 1. The number of fused-ring (bicyclic) bond motifs is 1. The molecule has 0 aliphatic heterocycles. The number of aryl methyl sites for hydroxylation is 1. The number of hydrogen-bond donors (Lipinski definition) is 2. The molecule has 3 aromatic rings. The molecule has 3 rings (SSSR count). The molecule has 0 spiro atoms. The number of anilines is 1. The van der Waals surface area contributed by atoms with Gasteiger partial charge in [-0.3, -0.25) is 4.79 Å². The minimum absolute atomic E-state index is 0.215. The minimum atomic E-state index is -0.378. The van der Waals surface area contributed by atoms with Crippen molar-refractivity contribution in [2.75, 3.05) is 12.4 Å². The van der Waals surface area contributed by atoms with Gasteiger partial charge in [0.1, 0.15) is 17.4 Å². The highest BCUT2D eigenvalue weighted by molar-refractivity contribution is 9.10. The van der Waals surface area contributed by atoms with Crippen LogP contribution in [-0.4, -0.2) is 18.0 Å². The van der Waals surface area contributed by atoms with Gasteiger partial charge >= 0.3 is 0 Å². The summed E-state index contributed by atoms with van der Waals surface area (Å²) in [6.45, 7) is 0.533. The molecular weight excluding hydrogens is 413 g/mol. The highest BCUT2D eigenvalue weighted by atomic mass is 79.9. The maximum atomic E-state index is 13.9. The van der Waals surface area contributed by atoms with E-state index in [4.69, 9.17) is 10.5 Å². The molecular formula is C20H19BrFN3O2. The summed E-state index contributed by atoms with van der Waals surface area (Å²) in [6.07, 6.45) is 0.672. The lowest BCUT2D eigenvalue weighted by atomic mass is 10.1. The molecule has 0 saturated carbocycles. The molecule has 140 valence electrons. The number of carbonyl (C=O) groups is 1. The second-order valence-corrected chi connectivity index (χ2v) is 6.98. The summed E-state index contributed by atoms with van der Waals surface area (Å²) in [6, 6.07) is 12.6. The van der Waals surface area contributed by atoms with Crippen molar-refractivity contribution in [3.63, 3.8) is 0 Å². The standard InChI is InChI=1S/C20H19BrFN3O2/c1-27-15-5-2-12(3-6-15)11-24-20-13(4-7-19(23)26)8-14-9-16(21)17(22)10-18(14)25-20/h2-3,5-6,8-10H,4,7,11H2,1H3,(H2,23,26)(H,24,25). The molecule has 0 aliphatic carbocycles. The largest absolute Gasteiger partial charge is 0.497 e. The van der Waals surface area contributed by atoms with Crippen molar-refractivity contribution in [1.29, 1.82) is 0 Å². The third-order valence-corrected chi connectivity index (χ3v) is 4.80. The van der Waals surface area contributed by atoms with Crippen LogP contribution in [0.2, 0.25) is 0 Å². The van der Waals surface area contributed by atoms with E-state index in [1.54, 1.807) is 13.2 Å². The zero-order valence-corrected chi connectivity index (χ0v) is 16.3. The highest BCUT2D eigenvalue weighted by Crippen LogP contribution is 2.27. The SMILES string of the molecule is COc1ccc(CNc2nc3cc(F)c(Br)cc3cc2CCC(N)=O)cc1. The van der Waals surface area contributed by atoms with E-state index in [2.05, 4.69) is 26.2 Å². The Balaban J connectivity index is 1.90. The monoisotopic (exact) mass is 431 g/mol. The van der Waals surface area contributed by atoms with Gasteiger partial charge in [0.2, 0.25) is 5.91 Å². The quantitative estimate of drug-likeness (QED) is 0.588. The summed E-state index contributed by atoms with van der Waals surface area (Å²) in [4.78, 5) is 15.8. The lowest BCUT2D eigenvalue weighted by molar-refractivity contribution is -0.117. The number of nitrogens with two attached hydrogens (primary N) is 1. The summed E-state index contributed by atoms with van der Waals surface area (Å²) in [5.74, 6) is 0.643. The Hall–Kier alpha value is -2.67. The van der Waals surface area contributed by atoms with Crippen molar-refractivity contribution in [3.05, 3.63) is 63.9 Å². The van der Waals surface area contributed by atoms with Crippen LogP contribution in [-0.2, 0) is 17.8 Å². The zero-order chi connectivity index (χ0) is 19.4. The lowest BCUT2D eigenvalue weighted by Crippen LogP contribution is -2.12. The Labute approximate surface area is 164 Å². The number of benzene rings is 2. The van der Waals surface area contributed by atoms with E-state index in [1.807, 2.05) is 30.3 Å². The van der Waals surface area contributed by atoms with Gasteiger partial charge < -0.3 is 15.8 Å². The number of amides is 1. The maximum Gasteiger partial charge on any atom is 0.217 e. The van der Waals surface area contributed by atoms with E-state index < -0.39 is 0 Å². The number of nitrogens with one attached hydrogen (secondary N) is 1. The maximum absolute atomic E-state index is 13.9. The molecule has 0 saturated heterocycles. The third kappa shape index (κ3) is 4.74. The van der Waals surface area contributed by atoms with Crippen molar-refractivity contribution >= 4 is 38.6 Å². The number of hydrogen-bond acceptors (Lipinski definition) is 4. The van der Waals surface area contributed by atoms with E-state index in [1.165, 1.54) is 6.07 Å². The Morgan fingerprint density at radius 1 is 1.26 bits per heavy atom. The summed E-state index contributed by atoms with van der Waals surface area (Å²) in [5.41, 5.74) is 7.73. The predicted molar refractivity (Wildman–Crippen MR) is 107 cm³/mol. The van der Waals surface area contributed by atoms with Crippen LogP contribution in [0.5, 0.6) is 5.75 Å². The van der Waals surface area contributed by atoms with Crippen LogP contribution in [0.25, 0.3) is 10.9 Å². The van der Waals surface area contributed by atoms with Gasteiger partial charge in [0.15, 0.2) is 0 Å². The van der Waals surface area contributed by atoms with Gasteiger partial charge in [-0.25, -0.2) is 9.37 Å². The average molecular weight is 432 g/mol. The average Bonchev–Trinajstić information content (AvgIpc) is 2.66. The van der Waals surface area contributed by atoms with Gasteiger partial charge in [0.05, 0.1) is 17.1 Å². The van der Waals surface area contributed by atoms with Gasteiger partial charge in [-0.15, -0.1) is 0 Å². The fourth-order valence-corrected chi connectivity index (χ4v) is 3.10. The smallest absolute Gasteiger partial charge is 0.217 e. The number of primary amides is 1. The molecule has 2 aromatic carbocycles. The normalized spacial score (nSPS) is 10.8. The molecule has 5 nitrogen and oxygen atoms in total. The molecule has 3 N–H and O–H groups in total. The molecule has 27 heavy (non-hydrogen) atoms. The molecule has 0 fully saturated rings. The van der Waals surface area contributed by atoms with Crippen LogP contribution in [0.1, 0.15) is 17.5 Å². The first-order valence-corrected chi connectivity index (χ1v) is 9.19. The number of aromatic nitrogens is 1. The van der Waals surface area contributed by atoms with Crippen LogP contribution in [0.15, 0.2) is 46.9 Å². The van der Waals surface area contributed by atoms with E-state index in [0.29, 0.717) is 28.8 Å². The second kappa shape index (κ2) is 8.35. The van der Waals surface area contributed by atoms with Gasteiger partial charge in [-0.05, 0) is 57.7 Å². The van der Waals surface area contributed by atoms with Gasteiger partial charge in [-0.2, -0.15) is 0 Å². The van der Waals surface area contributed by atoms with Crippen molar-refractivity contribution < 1.29 is 13.9 Å². The number of pyridine rings is 1. The van der Waals surface area contributed by atoms with E-state index >= 15 is 0 Å². The molecule has 7 heteroatoms. The molecule has 1 amide bonds. The molecule has 0 bridgehead atoms. The highest BCUT2D eigenvalue weighted by Gasteiger charge is 2.11. The molecule has 0 aliphatic rings. The topological polar surface area (TPSA) is 77.2 Å². The Morgan fingerprint density at radius 3 is 2.67 bits per heavy atom. The van der Waals surface area contributed by atoms with Crippen molar-refractivity contribution in [2.45, 2.75) is 19.4 Å². The Kier molecular flexibility index (Phi) is 5.91.